The minimum Gasteiger partial charge on any atom is -0.371 e. The lowest BCUT2D eigenvalue weighted by Gasteiger charge is -1.94. The van der Waals surface area contributed by atoms with Gasteiger partial charge in [-0.05, 0) is 6.92 Å². The molecule has 0 saturated heterocycles. The number of rotatable bonds is 1. The largest absolute Gasteiger partial charge is 0.371 e. The van der Waals surface area contributed by atoms with Crippen molar-refractivity contribution in [2.75, 3.05) is 12.4 Å². The molecule has 1 N–H and O–H groups in total. The first kappa shape index (κ1) is 7.09. The van der Waals surface area contributed by atoms with Crippen LogP contribution >= 0.6 is 0 Å². The molecule has 0 aromatic carbocycles. The van der Waals surface area contributed by atoms with Gasteiger partial charge in [-0.1, -0.05) is 0 Å². The summed E-state index contributed by atoms with van der Waals surface area (Å²) in [4.78, 5) is 8.35. The van der Waals surface area contributed by atoms with Crippen LogP contribution in [0, 0.1) is 6.92 Å². The lowest BCUT2D eigenvalue weighted by Crippen LogP contribution is -1.89. The number of anilines is 1. The van der Waals surface area contributed by atoms with Crippen LogP contribution in [0.1, 0.15) is 5.82 Å². The number of aryl methyl sites for hydroxylation is 1. The molecule has 0 unspecified atom stereocenters. The van der Waals surface area contributed by atoms with Crippen LogP contribution < -0.4 is 5.32 Å². The van der Waals surface area contributed by atoms with E-state index >= 15 is 0 Å². The molecule has 2 heterocycles. The van der Waals surface area contributed by atoms with Gasteiger partial charge in [0.2, 0.25) is 0 Å². The zero-order valence-corrected chi connectivity index (χ0v) is 7.07. The minimum atomic E-state index is 0.876. The number of nitrogens with one attached hydrogen (secondary N) is 1. The molecule has 0 saturated carbocycles. The van der Waals surface area contributed by atoms with E-state index in [-0.39, 0.29) is 0 Å². The summed E-state index contributed by atoms with van der Waals surface area (Å²) in [5.41, 5.74) is 1.01. The van der Waals surface area contributed by atoms with Gasteiger partial charge in [0.25, 0.3) is 0 Å². The molecule has 4 nitrogen and oxygen atoms in total. The molecule has 12 heavy (non-hydrogen) atoms. The summed E-state index contributed by atoms with van der Waals surface area (Å²) in [5.74, 6) is 1.84. The van der Waals surface area contributed by atoms with Crippen LogP contribution in [0.2, 0.25) is 0 Å². The van der Waals surface area contributed by atoms with Gasteiger partial charge in [0.15, 0.2) is 5.82 Å². The second kappa shape index (κ2) is 2.48. The lowest BCUT2D eigenvalue weighted by atomic mass is 10.5. The topological polar surface area (TPSA) is 42.2 Å². The van der Waals surface area contributed by atoms with Crippen molar-refractivity contribution in [1.82, 2.24) is 14.4 Å². The Morgan fingerprint density at radius 2 is 2.33 bits per heavy atom. The maximum absolute atomic E-state index is 4.32. The normalized spacial score (nSPS) is 10.5. The monoisotopic (exact) mass is 162 g/mol. The van der Waals surface area contributed by atoms with E-state index in [4.69, 9.17) is 0 Å². The Labute approximate surface area is 70.3 Å². The average molecular weight is 162 g/mol. The molecular formula is C8H10N4. The molecule has 2 aromatic heterocycles. The molecule has 4 heteroatoms. The lowest BCUT2D eigenvalue weighted by molar-refractivity contribution is 1.03. The summed E-state index contributed by atoms with van der Waals surface area (Å²) in [5, 5.41) is 3.02. The number of hydrogen-bond donors (Lipinski definition) is 1. The molecule has 0 bridgehead atoms. The maximum atomic E-state index is 4.32. The van der Waals surface area contributed by atoms with Gasteiger partial charge in [-0.3, -0.25) is 9.38 Å². The highest BCUT2D eigenvalue weighted by molar-refractivity contribution is 5.67. The molecule has 62 valence electrons. The fourth-order valence-electron chi connectivity index (χ4n) is 1.28. The Kier molecular flexibility index (Phi) is 1.46. The predicted molar refractivity (Wildman–Crippen MR) is 47.3 cm³/mol. The van der Waals surface area contributed by atoms with E-state index in [9.17, 15) is 0 Å². The zero-order valence-electron chi connectivity index (χ0n) is 7.07. The van der Waals surface area contributed by atoms with Gasteiger partial charge in [-0.2, -0.15) is 0 Å². The molecule has 0 spiro atoms. The highest BCUT2D eigenvalue weighted by Crippen LogP contribution is 2.14. The van der Waals surface area contributed by atoms with Gasteiger partial charge in [0, 0.05) is 19.4 Å². The van der Waals surface area contributed by atoms with E-state index in [0.29, 0.717) is 0 Å². The fourth-order valence-corrected chi connectivity index (χ4v) is 1.28. The van der Waals surface area contributed by atoms with Gasteiger partial charge < -0.3 is 5.32 Å². The third-order valence-electron chi connectivity index (χ3n) is 1.86. The number of hydrogen-bond acceptors (Lipinski definition) is 3. The molecule has 2 aromatic rings. The second-order valence-corrected chi connectivity index (χ2v) is 2.59. The average Bonchev–Trinajstić information content (AvgIpc) is 2.44. The molecule has 0 aliphatic heterocycles. The summed E-state index contributed by atoms with van der Waals surface area (Å²) in [6.45, 7) is 1.97. The summed E-state index contributed by atoms with van der Waals surface area (Å²) < 4.78 is 2.00. The number of fused-ring (bicyclic) bond motifs is 1. The third kappa shape index (κ3) is 0.845. The third-order valence-corrected chi connectivity index (χ3v) is 1.86. The molecule has 0 aliphatic carbocycles. The number of aromatic nitrogens is 3. The molecular weight excluding hydrogens is 152 g/mol. The predicted octanol–water partition coefficient (Wildman–Crippen LogP) is 1.08. The van der Waals surface area contributed by atoms with Gasteiger partial charge in [-0.15, -0.1) is 0 Å². The van der Waals surface area contributed by atoms with Crippen molar-refractivity contribution in [2.45, 2.75) is 6.92 Å². The molecule has 0 amide bonds. The van der Waals surface area contributed by atoms with E-state index < -0.39 is 0 Å². The molecule has 0 fully saturated rings. The van der Waals surface area contributed by atoms with Crippen LogP contribution in [-0.2, 0) is 0 Å². The standard InChI is InChI=1S/C8H10N4/c1-6-11-8(9-2)7-5-10-3-4-12(6)7/h3-5,9H,1-2H3. The van der Waals surface area contributed by atoms with Crippen LogP contribution in [-0.4, -0.2) is 21.4 Å². The van der Waals surface area contributed by atoms with Crippen molar-refractivity contribution in [1.29, 1.82) is 0 Å². The minimum absolute atomic E-state index is 0.876. The summed E-state index contributed by atoms with van der Waals surface area (Å²) in [6.07, 6.45) is 5.45. The highest BCUT2D eigenvalue weighted by Gasteiger charge is 2.04. The van der Waals surface area contributed by atoms with E-state index in [2.05, 4.69) is 15.3 Å². The van der Waals surface area contributed by atoms with Gasteiger partial charge in [0.05, 0.1) is 6.20 Å². The Morgan fingerprint density at radius 3 is 3.08 bits per heavy atom. The summed E-state index contributed by atoms with van der Waals surface area (Å²) in [6, 6.07) is 0. The molecule has 2 rings (SSSR count). The van der Waals surface area contributed by atoms with Crippen molar-refractivity contribution in [3.8, 4) is 0 Å². The molecule has 0 atom stereocenters. The quantitative estimate of drug-likeness (QED) is 0.682. The van der Waals surface area contributed by atoms with Gasteiger partial charge in [0.1, 0.15) is 11.3 Å². The first-order valence-corrected chi connectivity index (χ1v) is 3.79. The Balaban J connectivity index is 2.82. The smallest absolute Gasteiger partial charge is 0.153 e. The molecule has 0 radical (unpaired) electrons. The van der Waals surface area contributed by atoms with Gasteiger partial charge in [-0.25, -0.2) is 4.98 Å². The fraction of sp³-hybridized carbons (Fsp3) is 0.250. The highest BCUT2D eigenvalue weighted by atomic mass is 15.1. The van der Waals surface area contributed by atoms with E-state index in [1.54, 1.807) is 12.4 Å². The van der Waals surface area contributed by atoms with Crippen LogP contribution in [0.15, 0.2) is 18.6 Å². The van der Waals surface area contributed by atoms with Crippen molar-refractivity contribution >= 4 is 11.3 Å². The maximum Gasteiger partial charge on any atom is 0.153 e. The van der Waals surface area contributed by atoms with Crippen LogP contribution in [0.25, 0.3) is 5.52 Å². The van der Waals surface area contributed by atoms with Crippen molar-refractivity contribution < 1.29 is 0 Å². The molecule has 0 aliphatic rings. The van der Waals surface area contributed by atoms with Crippen LogP contribution in [0.5, 0.6) is 0 Å². The number of nitrogens with zero attached hydrogens (tertiary/aromatic N) is 3. The van der Waals surface area contributed by atoms with Crippen molar-refractivity contribution in [2.24, 2.45) is 0 Å². The first-order valence-electron chi connectivity index (χ1n) is 3.79. The Bertz CT molecular complexity index is 404. The van der Waals surface area contributed by atoms with Crippen molar-refractivity contribution in [3.05, 3.63) is 24.4 Å². The first-order chi connectivity index (χ1) is 5.83. The van der Waals surface area contributed by atoms with E-state index in [0.717, 1.165) is 17.2 Å². The number of imidazole rings is 1. The van der Waals surface area contributed by atoms with Crippen LogP contribution in [0.3, 0.4) is 0 Å². The summed E-state index contributed by atoms with van der Waals surface area (Å²) >= 11 is 0. The summed E-state index contributed by atoms with van der Waals surface area (Å²) in [7, 11) is 1.86. The van der Waals surface area contributed by atoms with E-state index in [1.165, 1.54) is 0 Å². The van der Waals surface area contributed by atoms with Crippen molar-refractivity contribution in [3.63, 3.8) is 0 Å². The second-order valence-electron chi connectivity index (χ2n) is 2.59. The van der Waals surface area contributed by atoms with Gasteiger partial charge >= 0.3 is 0 Å². The Morgan fingerprint density at radius 1 is 1.50 bits per heavy atom. The van der Waals surface area contributed by atoms with Crippen LogP contribution in [0.4, 0.5) is 5.82 Å². The van der Waals surface area contributed by atoms with E-state index in [1.807, 2.05) is 24.6 Å². The SMILES string of the molecule is CNc1nc(C)n2ccncc12. The Hall–Kier alpha value is -1.58. The zero-order chi connectivity index (χ0) is 8.55.